The molecule has 1 saturated heterocycles. The molecule has 0 atom stereocenters. The first-order chi connectivity index (χ1) is 11.3. The van der Waals surface area contributed by atoms with Crippen molar-refractivity contribution in [1.82, 2.24) is 5.32 Å². The Morgan fingerprint density at radius 1 is 1.04 bits per heavy atom. The van der Waals surface area contributed by atoms with Crippen LogP contribution < -0.4 is 15.1 Å². The van der Waals surface area contributed by atoms with Crippen LogP contribution in [0.25, 0.3) is 5.57 Å². The monoisotopic (exact) mass is 311 g/mol. The number of fused-ring (bicyclic) bond motifs is 1. The first kappa shape index (κ1) is 13.6. The summed E-state index contributed by atoms with van der Waals surface area (Å²) in [6.07, 6.45) is 9.26. The van der Waals surface area contributed by atoms with E-state index in [0.717, 1.165) is 37.4 Å². The number of benzene rings is 1. The van der Waals surface area contributed by atoms with Gasteiger partial charge in [-0.1, -0.05) is 5.57 Å². The number of nitrogens with one attached hydrogen (secondary N) is 1. The lowest BCUT2D eigenvalue weighted by Gasteiger charge is -2.33. The Morgan fingerprint density at radius 2 is 1.83 bits per heavy atom. The van der Waals surface area contributed by atoms with Crippen molar-refractivity contribution in [2.24, 2.45) is 0 Å². The minimum absolute atomic E-state index is 0.0737. The lowest BCUT2D eigenvalue weighted by atomic mass is 9.97. The molecular weight excluding hydrogens is 289 g/mol. The third-order valence-corrected chi connectivity index (χ3v) is 5.31. The van der Waals surface area contributed by atoms with Crippen molar-refractivity contribution in [1.29, 1.82) is 0 Å². The number of rotatable bonds is 2. The standard InChI is InChI=1S/C19H22FN3/c20-17-11-16-15(13-1-2-13)5-8-23(14-3-4-14)18(16)12-19(17)22-9-6-21-7-10-22/h5,8,11-12,14,21H,1-4,6-7,9-10H2. The predicted molar refractivity (Wildman–Crippen MR) is 92.3 cm³/mol. The van der Waals surface area contributed by atoms with Gasteiger partial charge in [0, 0.05) is 44.0 Å². The van der Waals surface area contributed by atoms with E-state index in [-0.39, 0.29) is 5.82 Å². The molecule has 2 saturated carbocycles. The van der Waals surface area contributed by atoms with E-state index in [1.165, 1.54) is 42.5 Å². The molecule has 2 aliphatic heterocycles. The van der Waals surface area contributed by atoms with Crippen LogP contribution in [0.4, 0.5) is 15.8 Å². The Labute approximate surface area is 136 Å². The second kappa shape index (κ2) is 5.10. The van der Waals surface area contributed by atoms with Gasteiger partial charge in [0.15, 0.2) is 0 Å². The van der Waals surface area contributed by atoms with Crippen LogP contribution >= 0.6 is 0 Å². The maximum absolute atomic E-state index is 14.8. The minimum atomic E-state index is -0.0737. The molecule has 0 unspecified atom stereocenters. The van der Waals surface area contributed by atoms with Crippen molar-refractivity contribution < 1.29 is 4.39 Å². The smallest absolute Gasteiger partial charge is 0.147 e. The molecule has 0 bridgehead atoms. The highest BCUT2D eigenvalue weighted by molar-refractivity contribution is 5.91. The summed E-state index contributed by atoms with van der Waals surface area (Å²) in [4.78, 5) is 4.55. The zero-order valence-corrected chi connectivity index (χ0v) is 13.3. The molecule has 0 amide bonds. The third kappa shape index (κ3) is 2.36. The van der Waals surface area contributed by atoms with Crippen LogP contribution in [0.1, 0.15) is 31.2 Å². The number of halogens is 1. The van der Waals surface area contributed by atoms with Gasteiger partial charge >= 0.3 is 0 Å². The molecule has 5 rings (SSSR count). The minimum Gasteiger partial charge on any atom is -0.367 e. The average molecular weight is 311 g/mol. The first-order valence-corrected chi connectivity index (χ1v) is 8.79. The quantitative estimate of drug-likeness (QED) is 0.904. The molecule has 0 spiro atoms. The summed E-state index contributed by atoms with van der Waals surface area (Å²) in [6.45, 7) is 3.61. The largest absolute Gasteiger partial charge is 0.367 e. The van der Waals surface area contributed by atoms with Crippen LogP contribution in [0.3, 0.4) is 0 Å². The van der Waals surface area contributed by atoms with E-state index < -0.39 is 0 Å². The normalized spacial score (nSPS) is 23.3. The van der Waals surface area contributed by atoms with Crippen LogP contribution in [0.5, 0.6) is 0 Å². The number of anilines is 2. The highest BCUT2D eigenvalue weighted by Crippen LogP contribution is 2.47. The summed E-state index contributed by atoms with van der Waals surface area (Å²) >= 11 is 0. The van der Waals surface area contributed by atoms with Gasteiger partial charge < -0.3 is 15.1 Å². The van der Waals surface area contributed by atoms with Gasteiger partial charge in [-0.2, -0.15) is 0 Å². The predicted octanol–water partition coefficient (Wildman–Crippen LogP) is 3.28. The molecular formula is C19H22FN3. The van der Waals surface area contributed by atoms with Gasteiger partial charge in [0.25, 0.3) is 0 Å². The number of hydrogen-bond acceptors (Lipinski definition) is 3. The van der Waals surface area contributed by atoms with Crippen molar-refractivity contribution in [2.75, 3.05) is 36.0 Å². The number of piperazine rings is 1. The summed E-state index contributed by atoms with van der Waals surface area (Å²) in [5.41, 5.74) is 5.82. The molecule has 120 valence electrons. The van der Waals surface area contributed by atoms with E-state index in [9.17, 15) is 4.39 Å². The molecule has 0 aromatic heterocycles. The first-order valence-electron chi connectivity index (χ1n) is 8.79. The zero-order valence-electron chi connectivity index (χ0n) is 13.3. The third-order valence-electron chi connectivity index (χ3n) is 5.31. The fourth-order valence-corrected chi connectivity index (χ4v) is 3.76. The lowest BCUT2D eigenvalue weighted by Crippen LogP contribution is -2.44. The molecule has 0 radical (unpaired) electrons. The van der Waals surface area contributed by atoms with E-state index in [1.54, 1.807) is 6.07 Å². The van der Waals surface area contributed by atoms with Gasteiger partial charge in [-0.15, -0.1) is 0 Å². The SMILES string of the molecule is Fc1cc2c(cc1N1CCNCC1)N(C1CC1)C=CC2=C1CC1. The van der Waals surface area contributed by atoms with E-state index >= 15 is 0 Å². The Morgan fingerprint density at radius 3 is 2.52 bits per heavy atom. The fraction of sp³-hybridized carbons (Fsp3) is 0.474. The van der Waals surface area contributed by atoms with E-state index in [2.05, 4.69) is 33.5 Å². The topological polar surface area (TPSA) is 18.5 Å². The summed E-state index contributed by atoms with van der Waals surface area (Å²) in [6, 6.07) is 4.49. The van der Waals surface area contributed by atoms with E-state index in [1.807, 2.05) is 0 Å². The fourth-order valence-electron chi connectivity index (χ4n) is 3.76. The molecule has 1 aromatic carbocycles. The summed E-state index contributed by atoms with van der Waals surface area (Å²) in [7, 11) is 0. The lowest BCUT2D eigenvalue weighted by molar-refractivity contribution is 0.566. The van der Waals surface area contributed by atoms with Gasteiger partial charge in [-0.3, -0.25) is 0 Å². The van der Waals surface area contributed by atoms with Gasteiger partial charge in [-0.25, -0.2) is 4.39 Å². The molecule has 4 aliphatic rings. The van der Waals surface area contributed by atoms with Crippen LogP contribution in [-0.2, 0) is 0 Å². The summed E-state index contributed by atoms with van der Waals surface area (Å²) < 4.78 is 14.8. The van der Waals surface area contributed by atoms with Crippen LogP contribution in [0, 0.1) is 5.82 Å². The Bertz CT molecular complexity index is 706. The molecule has 3 nitrogen and oxygen atoms in total. The van der Waals surface area contributed by atoms with E-state index in [4.69, 9.17) is 0 Å². The average Bonchev–Trinajstić information content (AvgIpc) is 3.47. The number of nitrogens with zero attached hydrogens (tertiary/aromatic N) is 2. The van der Waals surface area contributed by atoms with Crippen LogP contribution in [0.2, 0.25) is 0 Å². The van der Waals surface area contributed by atoms with Crippen molar-refractivity contribution in [3.05, 3.63) is 41.4 Å². The summed E-state index contributed by atoms with van der Waals surface area (Å²) in [5, 5.41) is 3.34. The number of allylic oxidation sites excluding steroid dienone is 3. The van der Waals surface area contributed by atoms with Crippen LogP contribution in [0.15, 0.2) is 30.0 Å². The Kier molecular flexibility index (Phi) is 3.02. The Hall–Kier alpha value is -1.81. The molecule has 3 fully saturated rings. The molecule has 1 aromatic rings. The molecule has 4 heteroatoms. The number of hydrogen-bond donors (Lipinski definition) is 1. The van der Waals surface area contributed by atoms with Crippen molar-refractivity contribution in [2.45, 2.75) is 31.7 Å². The van der Waals surface area contributed by atoms with Crippen molar-refractivity contribution >= 4 is 16.9 Å². The highest BCUT2D eigenvalue weighted by atomic mass is 19.1. The van der Waals surface area contributed by atoms with Gasteiger partial charge in [0.1, 0.15) is 5.82 Å². The zero-order chi connectivity index (χ0) is 15.4. The maximum atomic E-state index is 14.8. The molecule has 1 N–H and O–H groups in total. The van der Waals surface area contributed by atoms with Gasteiger partial charge in [-0.05, 0) is 49.5 Å². The van der Waals surface area contributed by atoms with Crippen molar-refractivity contribution in [3.8, 4) is 0 Å². The van der Waals surface area contributed by atoms with Gasteiger partial charge in [0.05, 0.1) is 11.4 Å². The second-order valence-electron chi connectivity index (χ2n) is 7.03. The maximum Gasteiger partial charge on any atom is 0.147 e. The van der Waals surface area contributed by atoms with E-state index in [0.29, 0.717) is 6.04 Å². The Balaban J connectivity index is 1.61. The molecule has 2 aliphatic carbocycles. The van der Waals surface area contributed by atoms with Crippen LogP contribution in [-0.4, -0.2) is 32.2 Å². The summed E-state index contributed by atoms with van der Waals surface area (Å²) in [5.74, 6) is -0.0737. The van der Waals surface area contributed by atoms with Crippen molar-refractivity contribution in [3.63, 3.8) is 0 Å². The molecule has 23 heavy (non-hydrogen) atoms. The highest BCUT2D eigenvalue weighted by Gasteiger charge is 2.34. The van der Waals surface area contributed by atoms with Gasteiger partial charge in [0.2, 0.25) is 0 Å². The second-order valence-corrected chi connectivity index (χ2v) is 7.03. The molecule has 2 heterocycles.